The fourth-order valence-electron chi connectivity index (χ4n) is 22.5. The number of fused-ring (bicyclic) bond motifs is 20. The van der Waals surface area contributed by atoms with Crippen LogP contribution < -0.4 is 18.3 Å². The molecule has 0 radical (unpaired) electrons. The van der Waals surface area contributed by atoms with Crippen LogP contribution in [0.2, 0.25) is 0 Å². The van der Waals surface area contributed by atoms with Gasteiger partial charge in [-0.2, -0.15) is 0 Å². The van der Waals surface area contributed by atoms with Gasteiger partial charge in [0.15, 0.2) is 24.8 Å². The predicted octanol–water partition coefficient (Wildman–Crippen LogP) is 28.9. The van der Waals surface area contributed by atoms with Gasteiger partial charge in [-0.15, -0.1) is 0 Å². The van der Waals surface area contributed by atoms with E-state index < -0.39 is 0 Å². The molecule has 4 nitrogen and oxygen atoms in total. The Morgan fingerprint density at radius 3 is 1.00 bits per heavy atom. The van der Waals surface area contributed by atoms with Crippen molar-refractivity contribution in [3.63, 3.8) is 0 Å². The van der Waals surface area contributed by atoms with Crippen LogP contribution >= 0.6 is 0 Å². The second-order valence-corrected chi connectivity index (χ2v) is 37.0. The Kier molecular flexibility index (Phi) is 21.3. The summed E-state index contributed by atoms with van der Waals surface area (Å²) in [6.45, 7) is 15.9. The zero-order valence-electron chi connectivity index (χ0n) is 75.8. The highest BCUT2D eigenvalue weighted by molar-refractivity contribution is 6.06. The lowest BCUT2D eigenvalue weighted by atomic mass is 9.84. The number of aryl methyl sites for hydroxylation is 7. The molecule has 5 aliphatic rings. The zero-order chi connectivity index (χ0) is 87.1. The Morgan fingerprint density at radius 1 is 0.242 bits per heavy atom. The highest BCUT2D eigenvalue weighted by Gasteiger charge is 2.33. The molecule has 0 atom stereocenters. The lowest BCUT2D eigenvalue weighted by molar-refractivity contribution is -0.660. The molecule has 1 saturated carbocycles. The van der Waals surface area contributed by atoms with E-state index in [1.807, 2.05) is 0 Å². The molecule has 4 aromatic heterocycles. The first-order valence-corrected chi connectivity index (χ1v) is 46.2. The summed E-state index contributed by atoms with van der Waals surface area (Å²) in [6, 6.07) is 116. The third kappa shape index (κ3) is 14.6. The molecule has 0 bridgehead atoms. The van der Waals surface area contributed by atoms with Crippen LogP contribution in [0.15, 0.2) is 340 Å². The molecule has 0 unspecified atom stereocenters. The van der Waals surface area contributed by atoms with Crippen LogP contribution in [0, 0.1) is 54.4 Å². The molecule has 4 heterocycles. The summed E-state index contributed by atoms with van der Waals surface area (Å²) >= 11 is 0. The maximum Gasteiger partial charge on any atom is 0.213 e. The van der Waals surface area contributed by atoms with Gasteiger partial charge < -0.3 is 0 Å². The molecule has 128 heavy (non-hydrogen) atoms. The number of aromatic nitrogens is 4. The van der Waals surface area contributed by atoms with Crippen LogP contribution in [0.4, 0.5) is 0 Å². The van der Waals surface area contributed by atoms with E-state index >= 15 is 0 Å². The standard InChI is InChI=1S/C32H28N.C31H26N.C31H32N.C30H24N/c1-20-16-24-17-30-22(3)26(14-15-28(30)32(24)27-13-9-8-12-25(20)27)31-18-29(21(2)19-33(31)4)23-10-6-5-7-11-23;1-20-19-32(3)30(18-28(20)22-9-5-4-6-10-22)25-15-16-27-29(21(25)2)17-24-14-13-23-11-7-8-12-26(23)31(24)27;1-21-26(30-19-23(16-17-32(30)2)18-22-8-4-3-5-9-22)14-15-28-29(21)20-25-13-12-24-10-6-7-11-27(24)31(25)28;1-20-25(29-19-23(16-17-31(29)2)21-8-4-3-5-9-21)14-15-27-28(20)18-24-13-12-22-10-6-7-11-26(22)30(24)27/h5-16,18-19H,17H2,1-4H3;4-16,18-19H,17H2,1-3H3;6-7,10-17,19,22H,3-5,8-9,18,20H2,1-2H3;3-17,19H,18H2,1-2H3/q4*+1. The molecule has 0 spiro atoms. The summed E-state index contributed by atoms with van der Waals surface area (Å²) in [5.41, 5.74) is 52.2. The highest BCUT2D eigenvalue weighted by atomic mass is 14.9. The van der Waals surface area contributed by atoms with E-state index in [0.29, 0.717) is 0 Å². The molecule has 5 aliphatic carbocycles. The van der Waals surface area contributed by atoms with Crippen molar-refractivity contribution < 1.29 is 18.3 Å². The maximum atomic E-state index is 2.46. The van der Waals surface area contributed by atoms with Crippen molar-refractivity contribution in [1.82, 2.24) is 0 Å². The van der Waals surface area contributed by atoms with Gasteiger partial charge in [0.1, 0.15) is 28.2 Å². The van der Waals surface area contributed by atoms with Crippen molar-refractivity contribution in [1.29, 1.82) is 0 Å². The van der Waals surface area contributed by atoms with Gasteiger partial charge >= 0.3 is 0 Å². The van der Waals surface area contributed by atoms with Crippen LogP contribution in [-0.2, 0) is 60.3 Å². The molecule has 0 aliphatic heterocycles. The molecule has 15 aromatic carbocycles. The van der Waals surface area contributed by atoms with Gasteiger partial charge in [0, 0.05) is 69.8 Å². The van der Waals surface area contributed by atoms with Gasteiger partial charge in [-0.3, -0.25) is 0 Å². The number of hydrogen-bond donors (Lipinski definition) is 0. The summed E-state index contributed by atoms with van der Waals surface area (Å²) in [4.78, 5) is 0. The third-order valence-electron chi connectivity index (χ3n) is 29.3. The number of hydrogen-bond acceptors (Lipinski definition) is 0. The van der Waals surface area contributed by atoms with Gasteiger partial charge in [0.05, 0.1) is 0 Å². The zero-order valence-corrected chi connectivity index (χ0v) is 75.8. The Morgan fingerprint density at radius 2 is 0.578 bits per heavy atom. The molecule has 1 fully saturated rings. The SMILES string of the molecule is Cc1c(-c2cc(-c3ccccc3)cc[n+]2C)ccc2c1Cc1ccc3ccccc3c1-2.Cc1c(-c2cc(CC3CCCCC3)cc[n+]2C)ccc2c1Cc1ccc3ccccc3c1-2.Cc1c[n+](C)c(-c2ccc3c(c2C)Cc2cc(C)c4ccccc4c2-3)cc1-c1ccccc1.Cc1c[n+](C)c(-c2ccc3c(c2C)Cc2ccc4ccccc4c2-3)cc1-c1ccccc1. The van der Waals surface area contributed by atoms with E-state index in [-0.39, 0.29) is 0 Å². The van der Waals surface area contributed by atoms with Gasteiger partial charge in [0.2, 0.25) is 22.8 Å². The molecule has 4 heteroatoms. The van der Waals surface area contributed by atoms with E-state index in [1.54, 1.807) is 0 Å². The Labute approximate surface area is 755 Å². The lowest BCUT2D eigenvalue weighted by Crippen LogP contribution is -2.31. The summed E-state index contributed by atoms with van der Waals surface area (Å²) in [6.07, 6.45) is 21.3. The summed E-state index contributed by atoms with van der Waals surface area (Å²) in [5, 5.41) is 10.8. The second kappa shape index (κ2) is 33.7. The molecule has 0 amide bonds. The fraction of sp³-hybridized carbons (Fsp3) is 0.177. The Hall–Kier alpha value is -14.1. The summed E-state index contributed by atoms with van der Waals surface area (Å²) in [5.74, 6) is 0.869. The minimum Gasteiger partial charge on any atom is -0.201 e. The summed E-state index contributed by atoms with van der Waals surface area (Å²) < 4.78 is 9.08. The van der Waals surface area contributed by atoms with Crippen LogP contribution in [0.25, 0.3) is 166 Å². The van der Waals surface area contributed by atoms with Crippen molar-refractivity contribution in [2.24, 2.45) is 34.1 Å². The fourth-order valence-corrected chi connectivity index (χ4v) is 22.5. The molecular weight excluding hydrogens is 1550 g/mol. The lowest BCUT2D eigenvalue weighted by Gasteiger charge is -2.21. The predicted molar refractivity (Wildman–Crippen MR) is 535 cm³/mol. The Bertz CT molecular complexity index is 7670. The molecule has 0 N–H and O–H groups in total. The van der Waals surface area contributed by atoms with Crippen LogP contribution in [0.5, 0.6) is 0 Å². The molecular formula is C124H110N4+4. The first-order chi connectivity index (χ1) is 62.5. The Balaban J connectivity index is 0.000000104. The van der Waals surface area contributed by atoms with Crippen LogP contribution in [-0.4, -0.2) is 0 Å². The van der Waals surface area contributed by atoms with E-state index in [4.69, 9.17) is 0 Å². The van der Waals surface area contributed by atoms with E-state index in [9.17, 15) is 0 Å². The molecule has 0 saturated heterocycles. The van der Waals surface area contributed by atoms with Crippen LogP contribution in [0.1, 0.15) is 121 Å². The van der Waals surface area contributed by atoms with E-state index in [0.717, 1.165) is 31.6 Å². The number of nitrogens with zero attached hydrogens (tertiary/aromatic N) is 4. The molecule has 24 rings (SSSR count). The van der Waals surface area contributed by atoms with Crippen molar-refractivity contribution in [3.8, 4) is 123 Å². The van der Waals surface area contributed by atoms with Crippen molar-refractivity contribution in [3.05, 3.63) is 429 Å². The minimum absolute atomic E-state index is 0.869. The average Bonchev–Trinajstić information content (AvgIpc) is 1.58. The van der Waals surface area contributed by atoms with Crippen molar-refractivity contribution in [2.45, 2.75) is 113 Å². The smallest absolute Gasteiger partial charge is 0.201 e. The van der Waals surface area contributed by atoms with Gasteiger partial charge in [0.25, 0.3) is 0 Å². The average molecular weight is 1660 g/mol. The van der Waals surface area contributed by atoms with Crippen molar-refractivity contribution in [2.75, 3.05) is 0 Å². The first-order valence-electron chi connectivity index (χ1n) is 46.2. The van der Waals surface area contributed by atoms with E-state index in [1.165, 1.54) is 294 Å². The van der Waals surface area contributed by atoms with Gasteiger partial charge in [-0.25, -0.2) is 18.3 Å². The normalized spacial score (nSPS) is 13.0. The minimum atomic E-state index is 0.869. The highest BCUT2D eigenvalue weighted by Crippen LogP contribution is 2.51. The van der Waals surface area contributed by atoms with E-state index in [2.05, 4.69) is 435 Å². The third-order valence-corrected chi connectivity index (χ3v) is 29.3. The number of benzene rings is 15. The number of pyridine rings is 4. The van der Waals surface area contributed by atoms with Crippen LogP contribution in [0.3, 0.4) is 0 Å². The quantitative estimate of drug-likeness (QED) is 0.128. The second-order valence-electron chi connectivity index (χ2n) is 37.0. The monoisotopic (exact) mass is 1650 g/mol. The molecule has 622 valence electrons. The van der Waals surface area contributed by atoms with Gasteiger partial charge in [-0.05, 0) is 310 Å². The summed E-state index contributed by atoms with van der Waals surface area (Å²) in [7, 11) is 8.65. The first kappa shape index (κ1) is 81.0. The molecule has 19 aromatic rings. The van der Waals surface area contributed by atoms with Crippen molar-refractivity contribution >= 4 is 43.1 Å². The topological polar surface area (TPSA) is 15.5 Å². The maximum absolute atomic E-state index is 2.46. The number of rotatable bonds is 9. The van der Waals surface area contributed by atoms with Gasteiger partial charge in [-0.1, -0.05) is 287 Å². The largest absolute Gasteiger partial charge is 0.213 e.